The van der Waals surface area contributed by atoms with E-state index in [0.29, 0.717) is 41.6 Å². The lowest BCUT2D eigenvalue weighted by molar-refractivity contribution is -0.00172. The van der Waals surface area contributed by atoms with Crippen LogP contribution >= 0.6 is 0 Å². The van der Waals surface area contributed by atoms with Gasteiger partial charge in [0.15, 0.2) is 0 Å². The van der Waals surface area contributed by atoms with Crippen LogP contribution in [0.1, 0.15) is 35.3 Å². The lowest BCUT2D eigenvalue weighted by atomic mass is 9.58. The molecule has 4 heterocycles. The highest BCUT2D eigenvalue weighted by Gasteiger charge is 2.52. The molecule has 1 aromatic carbocycles. The summed E-state index contributed by atoms with van der Waals surface area (Å²) in [6, 6.07) is 15.9. The van der Waals surface area contributed by atoms with Crippen molar-refractivity contribution in [3.63, 3.8) is 0 Å². The van der Waals surface area contributed by atoms with E-state index in [1.807, 2.05) is 12.1 Å². The van der Waals surface area contributed by atoms with E-state index in [2.05, 4.69) is 45.1 Å². The number of aromatic nitrogens is 1. The van der Waals surface area contributed by atoms with Crippen molar-refractivity contribution in [1.29, 1.82) is 5.26 Å². The Labute approximate surface area is 204 Å². The molecule has 35 heavy (non-hydrogen) atoms. The first-order valence-electron chi connectivity index (χ1n) is 12.2. The van der Waals surface area contributed by atoms with Gasteiger partial charge in [0.05, 0.1) is 18.7 Å². The first kappa shape index (κ1) is 21.9. The Bertz CT molecular complexity index is 1310. The van der Waals surface area contributed by atoms with Gasteiger partial charge in [-0.15, -0.1) is 0 Å². The molecular weight excluding hydrogens is 440 g/mol. The molecule has 0 amide bonds. The van der Waals surface area contributed by atoms with Crippen LogP contribution in [-0.4, -0.2) is 36.1 Å². The summed E-state index contributed by atoms with van der Waals surface area (Å²) in [6.07, 6.45) is 6.32. The van der Waals surface area contributed by atoms with E-state index in [0.717, 1.165) is 51.3 Å². The van der Waals surface area contributed by atoms with Crippen LogP contribution in [0.15, 0.2) is 64.1 Å². The van der Waals surface area contributed by atoms with Crippen LogP contribution in [0.25, 0.3) is 0 Å². The van der Waals surface area contributed by atoms with Crippen LogP contribution in [0, 0.1) is 22.7 Å². The van der Waals surface area contributed by atoms with E-state index in [1.165, 1.54) is 17.4 Å². The molecule has 2 aromatic heterocycles. The molecule has 3 aliphatic rings. The number of rotatable bonds is 6. The average molecular weight is 469 g/mol. The van der Waals surface area contributed by atoms with Crippen molar-refractivity contribution < 1.29 is 9.15 Å². The van der Waals surface area contributed by atoms with Crippen molar-refractivity contribution in [2.45, 2.75) is 32.4 Å². The van der Waals surface area contributed by atoms with Gasteiger partial charge in [-0.05, 0) is 48.4 Å². The summed E-state index contributed by atoms with van der Waals surface area (Å²) in [6.45, 7) is 4.98. The Kier molecular flexibility index (Phi) is 5.54. The number of hydrogen-bond acceptors (Lipinski definition) is 7. The fourth-order valence-electron chi connectivity index (χ4n) is 5.85. The number of pyridine rings is 1. The Morgan fingerprint density at radius 3 is 2.74 bits per heavy atom. The molecule has 1 spiro atoms. The molecule has 2 aliphatic heterocycles. The predicted octanol–water partition coefficient (Wildman–Crippen LogP) is 3.76. The number of anilines is 1. The maximum Gasteiger partial charge on any atom is 0.227 e. The number of nitriles is 1. The fourth-order valence-corrected chi connectivity index (χ4v) is 5.85. The third kappa shape index (κ3) is 4.42. The van der Waals surface area contributed by atoms with Crippen molar-refractivity contribution in [2.75, 3.05) is 31.1 Å². The van der Waals surface area contributed by atoms with Gasteiger partial charge in [0.2, 0.25) is 11.2 Å². The summed E-state index contributed by atoms with van der Waals surface area (Å²) >= 11 is 0. The Morgan fingerprint density at radius 1 is 1.17 bits per heavy atom. The first-order valence-corrected chi connectivity index (χ1v) is 12.2. The van der Waals surface area contributed by atoms with Gasteiger partial charge in [0, 0.05) is 43.9 Å². The quantitative estimate of drug-likeness (QED) is 0.545. The zero-order valence-electron chi connectivity index (χ0n) is 19.7. The van der Waals surface area contributed by atoms with Crippen molar-refractivity contribution >= 4 is 5.82 Å². The van der Waals surface area contributed by atoms with Crippen LogP contribution in [0.5, 0.6) is 5.75 Å². The van der Waals surface area contributed by atoms with E-state index < -0.39 is 0 Å². The van der Waals surface area contributed by atoms with Gasteiger partial charge in [-0.25, -0.2) is 4.98 Å². The topological polar surface area (TPSA) is 82.6 Å². The highest BCUT2D eigenvalue weighted by molar-refractivity contribution is 5.46. The number of fused-ring (bicyclic) bond motifs is 1. The van der Waals surface area contributed by atoms with Crippen LogP contribution < -0.4 is 15.1 Å². The molecule has 1 saturated heterocycles. The van der Waals surface area contributed by atoms with Gasteiger partial charge < -0.3 is 14.1 Å². The average Bonchev–Trinajstić information content (AvgIpc) is 2.83. The monoisotopic (exact) mass is 468 g/mol. The molecule has 0 radical (unpaired) electrons. The lowest BCUT2D eigenvalue weighted by Gasteiger charge is -2.59. The number of nitrogens with zero attached hydrogens (tertiary/aromatic N) is 4. The van der Waals surface area contributed by atoms with Crippen LogP contribution in [0.2, 0.25) is 0 Å². The van der Waals surface area contributed by atoms with Crippen molar-refractivity contribution in [3.8, 4) is 11.8 Å². The molecule has 6 rings (SSSR count). The van der Waals surface area contributed by atoms with Gasteiger partial charge >= 0.3 is 0 Å². The summed E-state index contributed by atoms with van der Waals surface area (Å²) < 4.78 is 11.6. The van der Waals surface area contributed by atoms with E-state index >= 15 is 0 Å². The second-order valence-electron chi connectivity index (χ2n) is 10.3. The second-order valence-corrected chi connectivity index (χ2v) is 10.3. The molecule has 178 valence electrons. The molecule has 1 aliphatic carbocycles. The Morgan fingerprint density at radius 2 is 2.00 bits per heavy atom. The Balaban J connectivity index is 0.968. The van der Waals surface area contributed by atoms with E-state index in [1.54, 1.807) is 12.3 Å². The highest BCUT2D eigenvalue weighted by Crippen LogP contribution is 2.52. The smallest absolute Gasteiger partial charge is 0.227 e. The first-order chi connectivity index (χ1) is 17.1. The van der Waals surface area contributed by atoms with Crippen molar-refractivity contribution in [2.24, 2.45) is 11.3 Å². The third-order valence-corrected chi connectivity index (χ3v) is 7.61. The zero-order chi connectivity index (χ0) is 23.8. The molecule has 1 saturated carbocycles. The standard InChI is InChI=1S/C28H28N4O3/c29-12-20-5-6-27(30-13-20)32-18-28(19-32)10-21(11-28)16-35-26-17-34-24(9-25(26)33)15-31-8-7-22-3-1-2-4-23(22)14-31/h1-6,9,13,17,21H,7-8,10-11,14-16,18-19H2. The number of benzene rings is 1. The normalized spacial score (nSPS) is 18.9. The molecular formula is C28H28N4O3. The minimum atomic E-state index is -0.112. The fraction of sp³-hybridized carbons (Fsp3) is 0.393. The molecule has 7 heteroatoms. The summed E-state index contributed by atoms with van der Waals surface area (Å²) in [4.78, 5) is 21.6. The van der Waals surface area contributed by atoms with E-state index in [-0.39, 0.29) is 5.43 Å². The maximum absolute atomic E-state index is 12.6. The molecule has 7 nitrogen and oxygen atoms in total. The predicted molar refractivity (Wildman–Crippen MR) is 131 cm³/mol. The zero-order valence-corrected chi connectivity index (χ0v) is 19.7. The van der Waals surface area contributed by atoms with Gasteiger partial charge in [0.25, 0.3) is 0 Å². The SMILES string of the molecule is N#Cc1ccc(N2CC3(CC(COc4coc(CN5CCc6ccccc6C5)cc4=O)C3)C2)nc1. The maximum atomic E-state index is 12.6. The lowest BCUT2D eigenvalue weighted by Crippen LogP contribution is -2.63. The van der Waals surface area contributed by atoms with Gasteiger partial charge in [-0.2, -0.15) is 5.26 Å². The van der Waals surface area contributed by atoms with Crippen molar-refractivity contribution in [3.05, 3.63) is 87.6 Å². The minimum absolute atomic E-state index is 0.112. The second kappa shape index (κ2) is 8.86. The van der Waals surface area contributed by atoms with Gasteiger partial charge in [-0.1, -0.05) is 24.3 Å². The molecule has 0 bridgehead atoms. The van der Waals surface area contributed by atoms with Crippen LogP contribution in [0.3, 0.4) is 0 Å². The van der Waals surface area contributed by atoms with Crippen LogP contribution in [-0.2, 0) is 19.5 Å². The van der Waals surface area contributed by atoms with E-state index in [4.69, 9.17) is 14.4 Å². The minimum Gasteiger partial charge on any atom is -0.486 e. The van der Waals surface area contributed by atoms with Crippen LogP contribution in [0.4, 0.5) is 5.82 Å². The van der Waals surface area contributed by atoms with Crippen molar-refractivity contribution in [1.82, 2.24) is 9.88 Å². The summed E-state index contributed by atoms with van der Waals surface area (Å²) in [5, 5.41) is 8.91. The van der Waals surface area contributed by atoms with E-state index in [9.17, 15) is 4.79 Å². The largest absolute Gasteiger partial charge is 0.486 e. The molecule has 2 fully saturated rings. The third-order valence-electron chi connectivity index (χ3n) is 7.61. The molecule has 0 atom stereocenters. The van der Waals surface area contributed by atoms with Gasteiger partial charge in [-0.3, -0.25) is 9.69 Å². The summed E-state index contributed by atoms with van der Waals surface area (Å²) in [5.41, 5.74) is 3.57. The molecule has 0 unspecified atom stereocenters. The number of ether oxygens (including phenoxy) is 1. The Hall–Kier alpha value is -3.63. The number of hydrogen-bond donors (Lipinski definition) is 0. The summed E-state index contributed by atoms with van der Waals surface area (Å²) in [5.74, 6) is 2.37. The molecule has 0 N–H and O–H groups in total. The highest BCUT2D eigenvalue weighted by atomic mass is 16.5. The summed E-state index contributed by atoms with van der Waals surface area (Å²) in [7, 11) is 0. The molecule has 3 aromatic rings. The van der Waals surface area contributed by atoms with Gasteiger partial charge in [0.1, 0.15) is 23.9 Å².